The second-order valence-corrected chi connectivity index (χ2v) is 5.56. The Morgan fingerprint density at radius 2 is 1.70 bits per heavy atom. The van der Waals surface area contributed by atoms with Crippen LogP contribution in [0.2, 0.25) is 0 Å². The summed E-state index contributed by atoms with van der Waals surface area (Å²) in [5.41, 5.74) is 3.96. The molecule has 0 atom stereocenters. The topological polar surface area (TPSA) is 29.1 Å². The molecule has 2 nitrogen and oxygen atoms in total. The fourth-order valence-electron chi connectivity index (χ4n) is 2.01. The van der Waals surface area contributed by atoms with Crippen LogP contribution in [0.25, 0.3) is 6.08 Å². The van der Waals surface area contributed by atoms with Gasteiger partial charge in [0.05, 0.1) is 0 Å². The monoisotopic (exact) mass is 329 g/mol. The van der Waals surface area contributed by atoms with Crippen LogP contribution in [0.5, 0.6) is 0 Å². The summed E-state index contributed by atoms with van der Waals surface area (Å²) in [4.78, 5) is 12.0. The summed E-state index contributed by atoms with van der Waals surface area (Å²) >= 11 is 3.45. The molecular formula is C17H16BrNO. The van der Waals surface area contributed by atoms with Crippen molar-refractivity contribution in [1.82, 2.24) is 0 Å². The summed E-state index contributed by atoms with van der Waals surface area (Å²) in [6.07, 6.45) is 3.36. The third kappa shape index (κ3) is 3.81. The molecule has 0 saturated carbocycles. The Labute approximate surface area is 127 Å². The summed E-state index contributed by atoms with van der Waals surface area (Å²) in [7, 11) is 0. The molecule has 2 aromatic carbocycles. The molecule has 1 N–H and O–H groups in total. The number of aryl methyl sites for hydroxylation is 2. The number of amides is 1. The number of halogens is 1. The lowest BCUT2D eigenvalue weighted by molar-refractivity contribution is -0.111. The van der Waals surface area contributed by atoms with Crippen LogP contribution in [-0.4, -0.2) is 5.91 Å². The molecule has 0 saturated heterocycles. The van der Waals surface area contributed by atoms with Crippen molar-refractivity contribution in [2.24, 2.45) is 0 Å². The molecular weight excluding hydrogens is 314 g/mol. The van der Waals surface area contributed by atoms with Gasteiger partial charge in [-0.05, 0) is 48.7 Å². The number of rotatable bonds is 3. The first-order chi connectivity index (χ1) is 9.56. The highest BCUT2D eigenvalue weighted by Crippen LogP contribution is 2.25. The lowest BCUT2D eigenvalue weighted by Gasteiger charge is -2.10. The van der Waals surface area contributed by atoms with Gasteiger partial charge in [-0.25, -0.2) is 0 Å². The lowest BCUT2D eigenvalue weighted by Crippen LogP contribution is -2.10. The number of hydrogen-bond donors (Lipinski definition) is 1. The first-order valence-electron chi connectivity index (χ1n) is 6.37. The van der Waals surface area contributed by atoms with Gasteiger partial charge in [0, 0.05) is 16.2 Å². The van der Waals surface area contributed by atoms with Crippen molar-refractivity contribution in [3.8, 4) is 0 Å². The molecule has 0 radical (unpaired) electrons. The highest BCUT2D eigenvalue weighted by Gasteiger charge is 2.06. The van der Waals surface area contributed by atoms with E-state index in [1.165, 1.54) is 0 Å². The average molecular weight is 330 g/mol. The van der Waals surface area contributed by atoms with Crippen molar-refractivity contribution in [3.05, 3.63) is 69.7 Å². The molecule has 0 aliphatic heterocycles. The summed E-state index contributed by atoms with van der Waals surface area (Å²) in [6, 6.07) is 13.7. The van der Waals surface area contributed by atoms with Crippen LogP contribution in [-0.2, 0) is 4.79 Å². The molecule has 0 spiro atoms. The number of carbonyl (C=O) groups excluding carboxylic acids is 1. The highest BCUT2D eigenvalue weighted by atomic mass is 79.9. The first kappa shape index (κ1) is 14.5. The Bertz CT molecular complexity index is 624. The maximum atomic E-state index is 12.0. The van der Waals surface area contributed by atoms with Gasteiger partial charge in [-0.1, -0.05) is 46.3 Å². The maximum absolute atomic E-state index is 12.0. The number of hydrogen-bond acceptors (Lipinski definition) is 1. The van der Waals surface area contributed by atoms with Crippen molar-refractivity contribution in [2.45, 2.75) is 13.8 Å². The fourth-order valence-corrected chi connectivity index (χ4v) is 2.70. The van der Waals surface area contributed by atoms with Gasteiger partial charge in [0.1, 0.15) is 0 Å². The maximum Gasteiger partial charge on any atom is 0.248 e. The lowest BCUT2D eigenvalue weighted by atomic mass is 10.1. The van der Waals surface area contributed by atoms with E-state index in [2.05, 4.69) is 21.2 Å². The van der Waals surface area contributed by atoms with E-state index in [-0.39, 0.29) is 5.91 Å². The first-order valence-corrected chi connectivity index (χ1v) is 7.16. The third-order valence-electron chi connectivity index (χ3n) is 2.97. The van der Waals surface area contributed by atoms with Gasteiger partial charge in [-0.3, -0.25) is 4.79 Å². The normalized spacial score (nSPS) is 10.8. The molecule has 0 fully saturated rings. The molecule has 1 amide bonds. The Balaban J connectivity index is 2.11. The van der Waals surface area contributed by atoms with Gasteiger partial charge in [0.15, 0.2) is 0 Å². The van der Waals surface area contributed by atoms with Crippen LogP contribution in [0.3, 0.4) is 0 Å². The second kappa shape index (κ2) is 6.53. The van der Waals surface area contributed by atoms with Crippen LogP contribution in [0.15, 0.2) is 53.0 Å². The summed E-state index contributed by atoms with van der Waals surface area (Å²) in [5, 5.41) is 2.93. The highest BCUT2D eigenvalue weighted by molar-refractivity contribution is 9.10. The van der Waals surface area contributed by atoms with Gasteiger partial charge >= 0.3 is 0 Å². The second-order valence-electron chi connectivity index (χ2n) is 4.65. The molecule has 0 aliphatic carbocycles. The SMILES string of the molecule is Cc1cc(Br)cc(C)c1NC(=O)/C=C/c1ccccc1. The Hall–Kier alpha value is -1.87. The van der Waals surface area contributed by atoms with Gasteiger partial charge < -0.3 is 5.32 Å². The molecule has 0 aliphatic rings. The zero-order valence-corrected chi connectivity index (χ0v) is 13.1. The molecule has 0 heterocycles. The quantitative estimate of drug-likeness (QED) is 0.811. The summed E-state index contributed by atoms with van der Waals surface area (Å²) in [6.45, 7) is 3.96. The molecule has 0 aromatic heterocycles. The van der Waals surface area contributed by atoms with E-state index in [4.69, 9.17) is 0 Å². The van der Waals surface area contributed by atoms with Crippen LogP contribution in [0.1, 0.15) is 16.7 Å². The average Bonchev–Trinajstić information content (AvgIpc) is 2.42. The van der Waals surface area contributed by atoms with Crippen molar-refractivity contribution >= 4 is 33.6 Å². The smallest absolute Gasteiger partial charge is 0.248 e. The van der Waals surface area contributed by atoms with Crippen molar-refractivity contribution in [3.63, 3.8) is 0 Å². The van der Waals surface area contributed by atoms with E-state index in [0.29, 0.717) is 0 Å². The van der Waals surface area contributed by atoms with E-state index in [1.807, 2.05) is 56.3 Å². The van der Waals surface area contributed by atoms with Gasteiger partial charge in [-0.15, -0.1) is 0 Å². The minimum absolute atomic E-state index is 0.123. The Morgan fingerprint density at radius 1 is 1.10 bits per heavy atom. The molecule has 0 unspecified atom stereocenters. The standard InChI is InChI=1S/C17H16BrNO/c1-12-10-15(18)11-13(2)17(12)19-16(20)9-8-14-6-4-3-5-7-14/h3-11H,1-2H3,(H,19,20)/b9-8+. The molecule has 3 heteroatoms. The number of nitrogens with one attached hydrogen (secondary N) is 1. The third-order valence-corrected chi connectivity index (χ3v) is 3.43. The summed E-state index contributed by atoms with van der Waals surface area (Å²) < 4.78 is 1.02. The van der Waals surface area contributed by atoms with Crippen LogP contribution in [0, 0.1) is 13.8 Å². The fraction of sp³-hybridized carbons (Fsp3) is 0.118. The zero-order chi connectivity index (χ0) is 14.5. The molecule has 0 bridgehead atoms. The predicted molar refractivity (Wildman–Crippen MR) is 87.7 cm³/mol. The minimum atomic E-state index is -0.123. The van der Waals surface area contributed by atoms with Gasteiger partial charge in [-0.2, -0.15) is 0 Å². The van der Waals surface area contributed by atoms with Crippen LogP contribution < -0.4 is 5.32 Å². The van der Waals surface area contributed by atoms with E-state index in [9.17, 15) is 4.79 Å². The van der Waals surface area contributed by atoms with Gasteiger partial charge in [0.25, 0.3) is 0 Å². The van der Waals surface area contributed by atoms with E-state index in [1.54, 1.807) is 12.2 Å². The number of carbonyl (C=O) groups is 1. The minimum Gasteiger partial charge on any atom is -0.322 e. The summed E-state index contributed by atoms with van der Waals surface area (Å²) in [5.74, 6) is -0.123. The number of benzene rings is 2. The molecule has 20 heavy (non-hydrogen) atoms. The van der Waals surface area contributed by atoms with Crippen molar-refractivity contribution in [2.75, 3.05) is 5.32 Å². The number of anilines is 1. The van der Waals surface area contributed by atoms with E-state index >= 15 is 0 Å². The van der Waals surface area contributed by atoms with Crippen LogP contribution >= 0.6 is 15.9 Å². The predicted octanol–water partition coefficient (Wildman–Crippen LogP) is 4.72. The Kier molecular flexibility index (Phi) is 4.74. The van der Waals surface area contributed by atoms with E-state index in [0.717, 1.165) is 26.9 Å². The zero-order valence-electron chi connectivity index (χ0n) is 11.5. The van der Waals surface area contributed by atoms with Crippen LogP contribution in [0.4, 0.5) is 5.69 Å². The Morgan fingerprint density at radius 3 is 2.30 bits per heavy atom. The van der Waals surface area contributed by atoms with Gasteiger partial charge in [0.2, 0.25) is 5.91 Å². The molecule has 102 valence electrons. The van der Waals surface area contributed by atoms with E-state index < -0.39 is 0 Å². The largest absolute Gasteiger partial charge is 0.322 e. The van der Waals surface area contributed by atoms with Crippen molar-refractivity contribution in [1.29, 1.82) is 0 Å². The van der Waals surface area contributed by atoms with Crippen molar-refractivity contribution < 1.29 is 4.79 Å². The molecule has 2 aromatic rings. The molecule has 2 rings (SSSR count).